The van der Waals surface area contributed by atoms with Crippen molar-refractivity contribution in [2.75, 3.05) is 19.6 Å². The van der Waals surface area contributed by atoms with Crippen molar-refractivity contribution in [3.05, 3.63) is 35.4 Å². The molecule has 0 fully saturated rings. The normalized spacial score (nSPS) is 10.1. The smallest absolute Gasteiger partial charge is 0.239 e. The molecule has 5 nitrogen and oxygen atoms in total. The van der Waals surface area contributed by atoms with Gasteiger partial charge in [0.15, 0.2) is 0 Å². The molecular weight excluding hydrogens is 254 g/mol. The highest BCUT2D eigenvalue weighted by Gasteiger charge is 2.05. The zero-order chi connectivity index (χ0) is 14.8. The molecule has 0 saturated heterocycles. The number of nitrogens with one attached hydrogen (secondary N) is 2. The number of amides is 2. The van der Waals surface area contributed by atoms with Gasteiger partial charge < -0.3 is 16.4 Å². The van der Waals surface area contributed by atoms with E-state index in [9.17, 15) is 9.59 Å². The van der Waals surface area contributed by atoms with Crippen LogP contribution in [-0.4, -0.2) is 31.4 Å². The van der Waals surface area contributed by atoms with Gasteiger partial charge >= 0.3 is 0 Å². The average molecular weight is 277 g/mol. The maximum absolute atomic E-state index is 11.6. The van der Waals surface area contributed by atoms with Gasteiger partial charge in [-0.2, -0.15) is 0 Å². The predicted octanol–water partition coefficient (Wildman–Crippen LogP) is 0.509. The predicted molar refractivity (Wildman–Crippen MR) is 79.2 cm³/mol. The monoisotopic (exact) mass is 277 g/mol. The Labute approximate surface area is 119 Å². The summed E-state index contributed by atoms with van der Waals surface area (Å²) >= 11 is 0. The zero-order valence-electron chi connectivity index (χ0n) is 11.9. The van der Waals surface area contributed by atoms with Gasteiger partial charge in [-0.05, 0) is 31.9 Å². The van der Waals surface area contributed by atoms with Crippen LogP contribution in [0.1, 0.15) is 24.0 Å². The van der Waals surface area contributed by atoms with Gasteiger partial charge in [-0.1, -0.05) is 29.8 Å². The molecule has 5 heteroatoms. The van der Waals surface area contributed by atoms with E-state index in [0.717, 1.165) is 12.0 Å². The van der Waals surface area contributed by atoms with Gasteiger partial charge in [-0.3, -0.25) is 9.59 Å². The molecule has 0 atom stereocenters. The fraction of sp³-hybridized carbons (Fsp3) is 0.467. The highest BCUT2D eigenvalue weighted by molar-refractivity contribution is 5.84. The molecule has 0 aliphatic heterocycles. The lowest BCUT2D eigenvalue weighted by Gasteiger charge is -2.06. The third kappa shape index (κ3) is 6.89. The minimum atomic E-state index is -0.179. The molecule has 4 N–H and O–H groups in total. The summed E-state index contributed by atoms with van der Waals surface area (Å²) < 4.78 is 0. The maximum Gasteiger partial charge on any atom is 0.239 e. The fourth-order valence-corrected chi connectivity index (χ4v) is 1.67. The molecule has 1 aromatic rings. The molecule has 0 bridgehead atoms. The number of aryl methyl sites for hydroxylation is 2. The van der Waals surface area contributed by atoms with E-state index in [4.69, 9.17) is 5.73 Å². The van der Waals surface area contributed by atoms with Crippen LogP contribution in [0.25, 0.3) is 0 Å². The first-order valence-corrected chi connectivity index (χ1v) is 6.91. The van der Waals surface area contributed by atoms with Crippen molar-refractivity contribution in [2.24, 2.45) is 5.73 Å². The number of rotatable bonds is 8. The van der Waals surface area contributed by atoms with Crippen molar-refractivity contribution in [1.82, 2.24) is 10.6 Å². The molecule has 0 unspecified atom stereocenters. The third-order valence-corrected chi connectivity index (χ3v) is 2.91. The molecule has 0 aromatic heterocycles. The van der Waals surface area contributed by atoms with Crippen molar-refractivity contribution in [3.63, 3.8) is 0 Å². The number of hydrogen-bond acceptors (Lipinski definition) is 3. The van der Waals surface area contributed by atoms with Crippen molar-refractivity contribution in [1.29, 1.82) is 0 Å². The third-order valence-electron chi connectivity index (χ3n) is 2.91. The topological polar surface area (TPSA) is 84.2 Å². The first-order chi connectivity index (χ1) is 9.61. The number of carbonyl (C=O) groups excluding carboxylic acids is 2. The summed E-state index contributed by atoms with van der Waals surface area (Å²) in [7, 11) is 0. The van der Waals surface area contributed by atoms with Gasteiger partial charge in [-0.25, -0.2) is 0 Å². The minimum absolute atomic E-state index is 0.0251. The average Bonchev–Trinajstić information content (AvgIpc) is 2.45. The molecule has 2 amide bonds. The van der Waals surface area contributed by atoms with Crippen LogP contribution in [-0.2, 0) is 16.0 Å². The van der Waals surface area contributed by atoms with Crippen LogP contribution in [0.4, 0.5) is 0 Å². The van der Waals surface area contributed by atoms with Gasteiger partial charge in [0.2, 0.25) is 11.8 Å². The van der Waals surface area contributed by atoms with Crippen LogP contribution >= 0.6 is 0 Å². The molecule has 0 heterocycles. The largest absolute Gasteiger partial charge is 0.355 e. The highest BCUT2D eigenvalue weighted by Crippen LogP contribution is 2.05. The minimum Gasteiger partial charge on any atom is -0.355 e. The Kier molecular flexibility index (Phi) is 7.35. The Morgan fingerprint density at radius 3 is 2.45 bits per heavy atom. The molecule has 0 spiro atoms. The summed E-state index contributed by atoms with van der Waals surface area (Å²) in [5.74, 6) is -0.290. The molecule has 1 aromatic carbocycles. The summed E-state index contributed by atoms with van der Waals surface area (Å²) in [5.41, 5.74) is 7.64. The van der Waals surface area contributed by atoms with Crippen LogP contribution in [0.3, 0.4) is 0 Å². The Morgan fingerprint density at radius 1 is 1.10 bits per heavy atom. The van der Waals surface area contributed by atoms with E-state index in [0.29, 0.717) is 25.9 Å². The number of carbonyl (C=O) groups is 2. The van der Waals surface area contributed by atoms with E-state index in [1.54, 1.807) is 0 Å². The Morgan fingerprint density at radius 2 is 1.80 bits per heavy atom. The van der Waals surface area contributed by atoms with Crippen molar-refractivity contribution < 1.29 is 9.59 Å². The Balaban J connectivity index is 2.17. The van der Waals surface area contributed by atoms with Gasteiger partial charge in [0.1, 0.15) is 0 Å². The van der Waals surface area contributed by atoms with Crippen molar-refractivity contribution >= 4 is 11.8 Å². The second-order valence-electron chi connectivity index (χ2n) is 4.75. The number of hydrogen-bond donors (Lipinski definition) is 3. The maximum atomic E-state index is 11.6. The van der Waals surface area contributed by atoms with Crippen molar-refractivity contribution in [2.45, 2.75) is 26.2 Å². The van der Waals surface area contributed by atoms with Crippen LogP contribution in [0.5, 0.6) is 0 Å². The molecule has 0 aliphatic rings. The Hall–Kier alpha value is -1.88. The zero-order valence-corrected chi connectivity index (χ0v) is 11.9. The number of benzene rings is 1. The van der Waals surface area contributed by atoms with Crippen LogP contribution in [0, 0.1) is 6.92 Å². The summed E-state index contributed by atoms with van der Waals surface area (Å²) in [6.45, 7) is 3.15. The fourth-order valence-electron chi connectivity index (χ4n) is 1.67. The van der Waals surface area contributed by atoms with Crippen LogP contribution < -0.4 is 16.4 Å². The van der Waals surface area contributed by atoms with E-state index in [1.165, 1.54) is 5.56 Å². The second kappa shape index (κ2) is 9.09. The summed E-state index contributed by atoms with van der Waals surface area (Å²) in [5, 5.41) is 5.29. The van der Waals surface area contributed by atoms with E-state index < -0.39 is 0 Å². The molecule has 1 rings (SSSR count). The second-order valence-corrected chi connectivity index (χ2v) is 4.75. The van der Waals surface area contributed by atoms with E-state index in [-0.39, 0.29) is 18.4 Å². The summed E-state index contributed by atoms with van der Waals surface area (Å²) in [4.78, 5) is 23.0. The van der Waals surface area contributed by atoms with E-state index >= 15 is 0 Å². The standard InChI is InChI=1S/C15H23N3O2/c1-12-3-5-13(6-4-12)7-8-14(19)18-11-15(20)17-10-2-9-16/h3-6H,2,7-11,16H2,1H3,(H,17,20)(H,18,19). The van der Waals surface area contributed by atoms with Crippen LogP contribution in [0.2, 0.25) is 0 Å². The van der Waals surface area contributed by atoms with Gasteiger partial charge in [-0.15, -0.1) is 0 Å². The molecule has 20 heavy (non-hydrogen) atoms. The van der Waals surface area contributed by atoms with Gasteiger partial charge in [0.25, 0.3) is 0 Å². The Bertz CT molecular complexity index is 429. The molecule has 0 aliphatic carbocycles. The molecule has 0 saturated carbocycles. The quantitative estimate of drug-likeness (QED) is 0.605. The SMILES string of the molecule is Cc1ccc(CCC(=O)NCC(=O)NCCCN)cc1. The first-order valence-electron chi connectivity index (χ1n) is 6.91. The first kappa shape index (κ1) is 16.2. The lowest BCUT2D eigenvalue weighted by molar-refractivity contribution is -0.126. The lowest BCUT2D eigenvalue weighted by atomic mass is 10.1. The van der Waals surface area contributed by atoms with Gasteiger partial charge in [0, 0.05) is 13.0 Å². The summed E-state index contributed by atoms with van der Waals surface area (Å²) in [6, 6.07) is 8.08. The molecule has 0 radical (unpaired) electrons. The van der Waals surface area contributed by atoms with Crippen molar-refractivity contribution in [3.8, 4) is 0 Å². The molecular formula is C15H23N3O2. The number of nitrogens with two attached hydrogens (primary N) is 1. The van der Waals surface area contributed by atoms with E-state index in [2.05, 4.69) is 10.6 Å². The lowest BCUT2D eigenvalue weighted by Crippen LogP contribution is -2.37. The highest BCUT2D eigenvalue weighted by atomic mass is 16.2. The van der Waals surface area contributed by atoms with Crippen LogP contribution in [0.15, 0.2) is 24.3 Å². The van der Waals surface area contributed by atoms with E-state index in [1.807, 2.05) is 31.2 Å². The van der Waals surface area contributed by atoms with Gasteiger partial charge in [0.05, 0.1) is 6.54 Å². The molecule has 110 valence electrons. The summed E-state index contributed by atoms with van der Waals surface area (Å²) in [6.07, 6.45) is 1.81.